The lowest BCUT2D eigenvalue weighted by Crippen LogP contribution is -2.41. The van der Waals surface area contributed by atoms with E-state index in [2.05, 4.69) is 5.16 Å². The van der Waals surface area contributed by atoms with Gasteiger partial charge in [-0.05, 0) is 13.3 Å². The van der Waals surface area contributed by atoms with E-state index in [4.69, 9.17) is 9.63 Å². The maximum atomic E-state index is 12.4. The van der Waals surface area contributed by atoms with Gasteiger partial charge in [-0.25, -0.2) is 4.79 Å². The minimum atomic E-state index is -1.11. The van der Waals surface area contributed by atoms with Crippen molar-refractivity contribution < 1.29 is 24.3 Å². The molecule has 2 rings (SSSR count). The Bertz CT molecular complexity index is 510. The van der Waals surface area contributed by atoms with E-state index < -0.39 is 24.0 Å². The van der Waals surface area contributed by atoms with Crippen molar-refractivity contribution in [3.63, 3.8) is 0 Å². The summed E-state index contributed by atoms with van der Waals surface area (Å²) in [6, 6.07) is -0.999. The molecule has 0 unspecified atom stereocenters. The Morgan fingerprint density at radius 1 is 1.53 bits per heavy atom. The second kappa shape index (κ2) is 5.00. The molecule has 0 radical (unpaired) electrons. The number of aliphatic hydroxyl groups is 1. The zero-order valence-corrected chi connectivity index (χ0v) is 10.8. The number of β-amino-alcohol motifs (C(OH)–C–C–N with tert-alkyl or cyclic N) is 1. The van der Waals surface area contributed by atoms with Crippen molar-refractivity contribution in [2.75, 3.05) is 6.54 Å². The molecule has 19 heavy (non-hydrogen) atoms. The highest BCUT2D eigenvalue weighted by molar-refractivity contribution is 5.98. The third-order valence-corrected chi connectivity index (χ3v) is 3.31. The SMILES string of the molecule is CCc1noc(C)c1C(=O)N1C[C@H](O)C[C@@H]1C(=O)O. The first-order valence-corrected chi connectivity index (χ1v) is 6.12. The summed E-state index contributed by atoms with van der Waals surface area (Å²) in [5, 5.41) is 22.4. The number of aromatic nitrogens is 1. The third kappa shape index (κ3) is 2.33. The molecule has 1 saturated heterocycles. The molecular formula is C12H16N2O5. The predicted octanol–water partition coefficient (Wildman–Crippen LogP) is 0.205. The smallest absolute Gasteiger partial charge is 0.326 e. The number of carboxylic acid groups (broad SMARTS) is 1. The average molecular weight is 268 g/mol. The van der Waals surface area contributed by atoms with Crippen molar-refractivity contribution >= 4 is 11.9 Å². The number of carbonyl (C=O) groups excluding carboxylic acids is 1. The van der Waals surface area contributed by atoms with Gasteiger partial charge in [-0.1, -0.05) is 12.1 Å². The molecule has 1 aliphatic heterocycles. The van der Waals surface area contributed by atoms with Gasteiger partial charge in [-0.15, -0.1) is 0 Å². The maximum Gasteiger partial charge on any atom is 0.326 e. The van der Waals surface area contributed by atoms with E-state index in [1.54, 1.807) is 6.92 Å². The van der Waals surface area contributed by atoms with Crippen LogP contribution in [0.25, 0.3) is 0 Å². The Labute approximate surface area is 109 Å². The monoisotopic (exact) mass is 268 g/mol. The predicted molar refractivity (Wildman–Crippen MR) is 63.7 cm³/mol. The van der Waals surface area contributed by atoms with Crippen LogP contribution in [0.1, 0.15) is 35.2 Å². The van der Waals surface area contributed by atoms with Gasteiger partial charge in [-0.2, -0.15) is 0 Å². The molecule has 2 N–H and O–H groups in total. The Balaban J connectivity index is 2.33. The van der Waals surface area contributed by atoms with E-state index in [1.807, 2.05) is 6.92 Å². The first kappa shape index (κ1) is 13.5. The number of amides is 1. The number of rotatable bonds is 3. The van der Waals surface area contributed by atoms with E-state index >= 15 is 0 Å². The highest BCUT2D eigenvalue weighted by Gasteiger charge is 2.40. The van der Waals surface area contributed by atoms with Crippen molar-refractivity contribution in [2.45, 2.75) is 38.8 Å². The minimum Gasteiger partial charge on any atom is -0.480 e. The van der Waals surface area contributed by atoms with Crippen LogP contribution in [0.4, 0.5) is 0 Å². The fourth-order valence-corrected chi connectivity index (χ4v) is 2.35. The number of aryl methyl sites for hydroxylation is 2. The molecule has 0 saturated carbocycles. The Kier molecular flexibility index (Phi) is 3.57. The van der Waals surface area contributed by atoms with Crippen LogP contribution in [0.3, 0.4) is 0 Å². The van der Waals surface area contributed by atoms with E-state index in [9.17, 15) is 14.7 Å². The van der Waals surface area contributed by atoms with Crippen molar-refractivity contribution in [2.24, 2.45) is 0 Å². The molecule has 104 valence electrons. The van der Waals surface area contributed by atoms with Gasteiger partial charge in [0.05, 0.1) is 11.8 Å². The van der Waals surface area contributed by atoms with Gasteiger partial charge >= 0.3 is 5.97 Å². The lowest BCUT2D eigenvalue weighted by molar-refractivity contribution is -0.141. The molecule has 2 heterocycles. The van der Waals surface area contributed by atoms with Crippen LogP contribution in [-0.4, -0.2) is 50.8 Å². The van der Waals surface area contributed by atoms with Gasteiger partial charge in [0.25, 0.3) is 5.91 Å². The summed E-state index contributed by atoms with van der Waals surface area (Å²) in [5.41, 5.74) is 0.816. The van der Waals surface area contributed by atoms with Crippen LogP contribution in [0.2, 0.25) is 0 Å². The minimum absolute atomic E-state index is 0.0174. The van der Waals surface area contributed by atoms with E-state index in [0.29, 0.717) is 23.4 Å². The summed E-state index contributed by atoms with van der Waals surface area (Å²) >= 11 is 0. The molecule has 7 nitrogen and oxygen atoms in total. The third-order valence-electron chi connectivity index (χ3n) is 3.31. The number of hydrogen-bond acceptors (Lipinski definition) is 5. The van der Waals surface area contributed by atoms with Gasteiger partial charge in [0.1, 0.15) is 17.4 Å². The number of carboxylic acids is 1. The molecule has 7 heteroatoms. The second-order valence-corrected chi connectivity index (χ2v) is 4.62. The quantitative estimate of drug-likeness (QED) is 0.811. The Morgan fingerprint density at radius 2 is 2.21 bits per heavy atom. The normalized spacial score (nSPS) is 22.8. The standard InChI is InChI=1S/C12H16N2O5/c1-3-8-10(6(2)19-13-8)11(16)14-5-7(15)4-9(14)12(17)18/h7,9,15H,3-5H2,1-2H3,(H,17,18)/t7-,9-/m1/s1. The largest absolute Gasteiger partial charge is 0.480 e. The van der Waals surface area contributed by atoms with Crippen LogP contribution in [0, 0.1) is 6.92 Å². The van der Waals surface area contributed by atoms with Crippen LogP contribution >= 0.6 is 0 Å². The molecule has 1 aromatic rings. The van der Waals surface area contributed by atoms with Gasteiger partial charge in [0.2, 0.25) is 0 Å². The average Bonchev–Trinajstić information content (AvgIpc) is 2.91. The zero-order valence-electron chi connectivity index (χ0n) is 10.8. The molecule has 1 aromatic heterocycles. The van der Waals surface area contributed by atoms with Gasteiger partial charge < -0.3 is 19.6 Å². The summed E-state index contributed by atoms with van der Waals surface area (Å²) in [5.74, 6) is -1.19. The molecule has 0 spiro atoms. The molecular weight excluding hydrogens is 252 g/mol. The number of aliphatic carboxylic acids is 1. The van der Waals surface area contributed by atoms with Gasteiger partial charge in [0.15, 0.2) is 0 Å². The summed E-state index contributed by atoms with van der Waals surface area (Å²) in [6.45, 7) is 3.47. The van der Waals surface area contributed by atoms with E-state index in [0.717, 1.165) is 0 Å². The lowest BCUT2D eigenvalue weighted by Gasteiger charge is -2.20. The maximum absolute atomic E-state index is 12.4. The van der Waals surface area contributed by atoms with Crippen LogP contribution in [-0.2, 0) is 11.2 Å². The molecule has 1 amide bonds. The Morgan fingerprint density at radius 3 is 2.79 bits per heavy atom. The summed E-state index contributed by atoms with van der Waals surface area (Å²) in [7, 11) is 0. The molecule has 1 aliphatic rings. The topological polar surface area (TPSA) is 104 Å². The van der Waals surface area contributed by atoms with Crippen molar-refractivity contribution in [3.8, 4) is 0 Å². The van der Waals surface area contributed by atoms with Crippen molar-refractivity contribution in [3.05, 3.63) is 17.0 Å². The lowest BCUT2D eigenvalue weighted by atomic mass is 10.1. The molecule has 0 aliphatic carbocycles. The number of likely N-dealkylation sites (tertiary alicyclic amines) is 1. The highest BCUT2D eigenvalue weighted by atomic mass is 16.5. The fraction of sp³-hybridized carbons (Fsp3) is 0.583. The molecule has 0 aromatic carbocycles. The van der Waals surface area contributed by atoms with Crippen LogP contribution in [0.15, 0.2) is 4.52 Å². The summed E-state index contributed by atoms with van der Waals surface area (Å²) < 4.78 is 4.98. The zero-order chi connectivity index (χ0) is 14.2. The highest BCUT2D eigenvalue weighted by Crippen LogP contribution is 2.24. The molecule has 2 atom stereocenters. The summed E-state index contributed by atoms with van der Waals surface area (Å²) in [6.07, 6.45) is -0.241. The van der Waals surface area contributed by atoms with Crippen LogP contribution < -0.4 is 0 Å². The Hall–Kier alpha value is -1.89. The number of nitrogens with zero attached hydrogens (tertiary/aromatic N) is 2. The number of aliphatic hydroxyl groups excluding tert-OH is 1. The second-order valence-electron chi connectivity index (χ2n) is 4.62. The van der Waals surface area contributed by atoms with Crippen LogP contribution in [0.5, 0.6) is 0 Å². The number of hydrogen-bond donors (Lipinski definition) is 2. The van der Waals surface area contributed by atoms with E-state index in [-0.39, 0.29) is 13.0 Å². The molecule has 1 fully saturated rings. The van der Waals surface area contributed by atoms with E-state index in [1.165, 1.54) is 4.90 Å². The first-order valence-electron chi connectivity index (χ1n) is 6.12. The van der Waals surface area contributed by atoms with Gasteiger partial charge in [-0.3, -0.25) is 4.79 Å². The number of carbonyl (C=O) groups is 2. The summed E-state index contributed by atoms with van der Waals surface area (Å²) in [4.78, 5) is 24.7. The van der Waals surface area contributed by atoms with Crippen molar-refractivity contribution in [1.82, 2.24) is 10.1 Å². The van der Waals surface area contributed by atoms with Gasteiger partial charge in [0, 0.05) is 13.0 Å². The molecule has 0 bridgehead atoms. The first-order chi connectivity index (χ1) is 8.95. The fourth-order valence-electron chi connectivity index (χ4n) is 2.35. The van der Waals surface area contributed by atoms with Crippen molar-refractivity contribution in [1.29, 1.82) is 0 Å².